The van der Waals surface area contributed by atoms with E-state index in [2.05, 4.69) is 5.32 Å². The van der Waals surface area contributed by atoms with Crippen molar-refractivity contribution >= 4 is 40.6 Å². The van der Waals surface area contributed by atoms with Crippen molar-refractivity contribution in [3.8, 4) is 0 Å². The van der Waals surface area contributed by atoms with Gasteiger partial charge in [0.15, 0.2) is 5.78 Å². The molecule has 2 aliphatic heterocycles. The molecule has 2 heterocycles. The number of hydrogen-bond acceptors (Lipinski definition) is 6. The number of fused-ring (bicyclic) bond motifs is 3. The Morgan fingerprint density at radius 2 is 1.97 bits per heavy atom. The van der Waals surface area contributed by atoms with Crippen LogP contribution in [0.1, 0.15) is 31.7 Å². The molecule has 0 saturated heterocycles. The van der Waals surface area contributed by atoms with E-state index in [1.54, 1.807) is 60.4 Å². The highest BCUT2D eigenvalue weighted by Crippen LogP contribution is 2.55. The minimum Gasteiger partial charge on any atom is -0.462 e. The van der Waals surface area contributed by atoms with Crippen LogP contribution in [0.25, 0.3) is 0 Å². The van der Waals surface area contributed by atoms with Crippen LogP contribution < -0.4 is 16.0 Å². The molecule has 0 radical (unpaired) electrons. The third-order valence-corrected chi connectivity index (χ3v) is 6.60. The fourth-order valence-corrected chi connectivity index (χ4v) is 5.36. The van der Waals surface area contributed by atoms with Gasteiger partial charge in [-0.15, -0.1) is 0 Å². The molecule has 1 aliphatic carbocycles. The quantitative estimate of drug-likeness (QED) is 0.671. The van der Waals surface area contributed by atoms with Crippen molar-refractivity contribution < 1.29 is 19.1 Å². The number of carbonyl (C=O) groups is 3. The fourth-order valence-electron chi connectivity index (χ4n) is 5.18. The Hall–Kier alpha value is -3.58. The second-order valence-corrected chi connectivity index (χ2v) is 8.58. The van der Waals surface area contributed by atoms with Gasteiger partial charge in [-0.25, -0.2) is 4.79 Å². The van der Waals surface area contributed by atoms with Crippen LogP contribution in [-0.2, 0) is 24.5 Å². The SMILES string of the molecule is CCOC(=O)C1=C(N)N(c2cccc(Cl)c2)C2=C(C(=O)CCC2)C12C(=O)Nc1ccccc12. The number of ketones is 1. The number of allylic oxidation sites excluding steroid dienone is 1. The topological polar surface area (TPSA) is 102 Å². The highest BCUT2D eigenvalue weighted by atomic mass is 35.5. The van der Waals surface area contributed by atoms with Gasteiger partial charge in [-0.2, -0.15) is 0 Å². The molecule has 33 heavy (non-hydrogen) atoms. The number of esters is 1. The zero-order chi connectivity index (χ0) is 23.3. The molecular formula is C25H22ClN3O4. The number of hydrogen-bond donors (Lipinski definition) is 2. The van der Waals surface area contributed by atoms with E-state index < -0.39 is 17.3 Å². The highest BCUT2D eigenvalue weighted by molar-refractivity contribution is 6.31. The lowest BCUT2D eigenvalue weighted by molar-refractivity contribution is -0.140. The number of anilines is 2. The molecule has 2 aromatic carbocycles. The van der Waals surface area contributed by atoms with Gasteiger partial charge in [0.05, 0.1) is 6.61 Å². The Morgan fingerprint density at radius 3 is 2.73 bits per heavy atom. The number of Topliss-reactive ketones (excluding diaryl/α,β-unsaturated/α-hetero) is 1. The highest BCUT2D eigenvalue weighted by Gasteiger charge is 2.61. The van der Waals surface area contributed by atoms with E-state index in [0.717, 1.165) is 0 Å². The number of benzene rings is 2. The number of ether oxygens (including phenoxy) is 1. The molecule has 0 aromatic heterocycles. The molecule has 5 rings (SSSR count). The molecule has 168 valence electrons. The van der Waals surface area contributed by atoms with Crippen molar-refractivity contribution in [1.82, 2.24) is 0 Å². The van der Waals surface area contributed by atoms with E-state index in [1.807, 2.05) is 0 Å². The molecule has 0 bridgehead atoms. The maximum atomic E-state index is 13.7. The van der Waals surface area contributed by atoms with E-state index in [4.69, 9.17) is 22.1 Å². The lowest BCUT2D eigenvalue weighted by Crippen LogP contribution is -2.53. The normalized spacial score (nSPS) is 21.8. The summed E-state index contributed by atoms with van der Waals surface area (Å²) >= 11 is 6.25. The molecular weight excluding hydrogens is 442 g/mol. The van der Waals surface area contributed by atoms with Gasteiger partial charge in [0.25, 0.3) is 0 Å². The Morgan fingerprint density at radius 1 is 1.18 bits per heavy atom. The third-order valence-electron chi connectivity index (χ3n) is 6.37. The molecule has 3 N–H and O–H groups in total. The lowest BCUT2D eigenvalue weighted by Gasteiger charge is -2.44. The first-order valence-electron chi connectivity index (χ1n) is 10.8. The van der Waals surface area contributed by atoms with E-state index in [1.165, 1.54) is 0 Å². The van der Waals surface area contributed by atoms with Gasteiger partial charge in [-0.05, 0) is 44.0 Å². The number of nitrogens with two attached hydrogens (primary N) is 1. The first kappa shape index (κ1) is 21.3. The van der Waals surface area contributed by atoms with Crippen molar-refractivity contribution in [1.29, 1.82) is 0 Å². The van der Waals surface area contributed by atoms with Gasteiger partial charge in [-0.1, -0.05) is 35.9 Å². The van der Waals surface area contributed by atoms with Crippen LogP contribution in [0.2, 0.25) is 5.02 Å². The zero-order valence-electron chi connectivity index (χ0n) is 18.0. The standard InChI is InChI=1S/C25H22ClN3O4/c1-2-33-23(31)21-22(27)29(15-8-5-7-14(26)13-15)18-11-6-12-19(30)20(18)25(21)16-9-3-4-10-17(16)28-24(25)32/h3-5,7-10,13H,2,6,11-12,27H2,1H3,(H,28,32). The Balaban J connectivity index is 1.90. The molecule has 1 atom stereocenters. The monoisotopic (exact) mass is 463 g/mol. The Labute approximate surface area is 195 Å². The van der Waals surface area contributed by atoms with Gasteiger partial charge in [0.2, 0.25) is 5.91 Å². The lowest BCUT2D eigenvalue weighted by atomic mass is 9.63. The molecule has 7 nitrogen and oxygen atoms in total. The van der Waals surface area contributed by atoms with Crippen molar-refractivity contribution in [2.75, 3.05) is 16.8 Å². The molecule has 3 aliphatic rings. The molecule has 0 saturated carbocycles. The van der Waals surface area contributed by atoms with Crippen LogP contribution in [0.3, 0.4) is 0 Å². The smallest absolute Gasteiger partial charge is 0.339 e. The summed E-state index contributed by atoms with van der Waals surface area (Å²) in [6.07, 6.45) is 1.40. The predicted molar refractivity (Wildman–Crippen MR) is 124 cm³/mol. The summed E-state index contributed by atoms with van der Waals surface area (Å²) in [4.78, 5) is 42.3. The minimum atomic E-state index is -1.67. The number of para-hydroxylation sites is 1. The van der Waals surface area contributed by atoms with Crippen molar-refractivity contribution in [3.63, 3.8) is 0 Å². The largest absolute Gasteiger partial charge is 0.462 e. The summed E-state index contributed by atoms with van der Waals surface area (Å²) in [6, 6.07) is 14.1. The Bertz CT molecular complexity index is 1280. The van der Waals surface area contributed by atoms with Gasteiger partial charge in [0, 0.05) is 39.7 Å². The molecule has 8 heteroatoms. The van der Waals surface area contributed by atoms with Gasteiger partial charge < -0.3 is 15.8 Å². The van der Waals surface area contributed by atoms with E-state index in [0.29, 0.717) is 40.5 Å². The maximum absolute atomic E-state index is 13.7. The zero-order valence-corrected chi connectivity index (χ0v) is 18.7. The molecule has 2 aromatic rings. The van der Waals surface area contributed by atoms with Crippen LogP contribution in [0.4, 0.5) is 11.4 Å². The average molecular weight is 464 g/mol. The van der Waals surface area contributed by atoms with Gasteiger partial charge in [0.1, 0.15) is 16.8 Å². The van der Waals surface area contributed by atoms with Gasteiger partial charge in [-0.3, -0.25) is 14.5 Å². The van der Waals surface area contributed by atoms with E-state index in [-0.39, 0.29) is 35.8 Å². The van der Waals surface area contributed by atoms with Crippen LogP contribution in [0.5, 0.6) is 0 Å². The summed E-state index contributed by atoms with van der Waals surface area (Å²) in [5, 5.41) is 3.34. The van der Waals surface area contributed by atoms with Crippen LogP contribution in [-0.4, -0.2) is 24.3 Å². The minimum absolute atomic E-state index is 0.0519. The van der Waals surface area contributed by atoms with Crippen molar-refractivity contribution in [2.24, 2.45) is 5.73 Å². The van der Waals surface area contributed by atoms with Crippen LogP contribution >= 0.6 is 11.6 Å². The molecule has 1 spiro atoms. The summed E-state index contributed by atoms with van der Waals surface area (Å²) in [5.41, 5.74) is 7.51. The summed E-state index contributed by atoms with van der Waals surface area (Å²) in [5.74, 6) is -1.36. The summed E-state index contributed by atoms with van der Waals surface area (Å²) < 4.78 is 5.38. The molecule has 1 unspecified atom stereocenters. The molecule has 1 amide bonds. The van der Waals surface area contributed by atoms with Crippen molar-refractivity contribution in [3.05, 3.63) is 81.8 Å². The van der Waals surface area contributed by atoms with Crippen molar-refractivity contribution in [2.45, 2.75) is 31.6 Å². The second kappa shape index (κ2) is 7.78. The summed E-state index contributed by atoms with van der Waals surface area (Å²) in [6.45, 7) is 1.77. The van der Waals surface area contributed by atoms with Gasteiger partial charge >= 0.3 is 5.97 Å². The molecule has 0 fully saturated rings. The number of carbonyl (C=O) groups excluding carboxylic acids is 3. The number of halogens is 1. The average Bonchev–Trinajstić information content (AvgIpc) is 3.06. The van der Waals surface area contributed by atoms with E-state index in [9.17, 15) is 14.4 Å². The van der Waals surface area contributed by atoms with Crippen LogP contribution in [0, 0.1) is 0 Å². The summed E-state index contributed by atoms with van der Waals surface area (Å²) in [7, 11) is 0. The fraction of sp³-hybridized carbons (Fsp3) is 0.240. The van der Waals surface area contributed by atoms with Crippen LogP contribution in [0.15, 0.2) is 71.2 Å². The first-order chi connectivity index (χ1) is 15.9. The first-order valence-corrected chi connectivity index (χ1v) is 11.2. The second-order valence-electron chi connectivity index (χ2n) is 8.14. The Kier molecular flexibility index (Phi) is 5.01. The van der Waals surface area contributed by atoms with E-state index >= 15 is 0 Å². The predicted octanol–water partition coefficient (Wildman–Crippen LogP) is 3.79. The number of nitrogens with one attached hydrogen (secondary N) is 1. The number of nitrogens with zero attached hydrogens (tertiary/aromatic N) is 1. The third kappa shape index (κ3) is 2.92. The number of amides is 1. The maximum Gasteiger partial charge on any atom is 0.339 e. The number of rotatable bonds is 3.